The molecule has 4 atom stereocenters. The number of hydrogen-bond donors (Lipinski definition) is 2. The summed E-state index contributed by atoms with van der Waals surface area (Å²) in [6.07, 6.45) is 38.8. The monoisotopic (exact) mass is 943 g/mol. The Labute approximate surface area is 410 Å². The van der Waals surface area contributed by atoms with Crippen LogP contribution in [-0.2, 0) is 19.2 Å². The lowest BCUT2D eigenvalue weighted by atomic mass is 9.51. The molecule has 2 aromatic rings. The van der Waals surface area contributed by atoms with Crippen LogP contribution in [0.15, 0.2) is 36.4 Å². The second-order valence-electron chi connectivity index (χ2n) is 20.1. The second-order valence-corrected chi connectivity index (χ2v) is 20.1. The smallest absolute Gasteiger partial charge is 0.315 e. The second kappa shape index (κ2) is 32.7. The molecule has 10 nitrogen and oxygen atoms in total. The normalized spacial score (nSPS) is 17.7. The predicted molar refractivity (Wildman–Crippen MR) is 273 cm³/mol. The maximum absolute atomic E-state index is 13.3. The van der Waals surface area contributed by atoms with Crippen molar-refractivity contribution in [3.8, 4) is 23.0 Å². The van der Waals surface area contributed by atoms with Crippen LogP contribution in [0.5, 0.6) is 23.0 Å². The predicted octanol–water partition coefficient (Wildman–Crippen LogP) is 14.2. The molecule has 4 unspecified atom stereocenters. The maximum Gasteiger partial charge on any atom is 0.315 e. The number of amides is 2. The third kappa shape index (κ3) is 19.0. The molecule has 68 heavy (non-hydrogen) atoms. The molecule has 10 heteroatoms. The van der Waals surface area contributed by atoms with Crippen molar-refractivity contribution >= 4 is 23.8 Å². The minimum absolute atomic E-state index is 0.0446. The minimum Gasteiger partial charge on any atom is -0.493 e. The highest BCUT2D eigenvalue weighted by molar-refractivity contribution is 5.92. The molecule has 0 aromatic heterocycles. The number of ether oxygens (including phenoxy) is 4. The van der Waals surface area contributed by atoms with Crippen molar-refractivity contribution < 1.29 is 38.1 Å². The van der Waals surface area contributed by atoms with Crippen molar-refractivity contribution in [2.75, 3.05) is 26.3 Å². The van der Waals surface area contributed by atoms with E-state index in [1.165, 1.54) is 154 Å². The molecule has 380 valence electrons. The molecule has 3 aliphatic rings. The summed E-state index contributed by atoms with van der Waals surface area (Å²) in [4.78, 5) is 51.5. The maximum atomic E-state index is 13.3. The van der Waals surface area contributed by atoms with E-state index in [9.17, 15) is 19.2 Å². The number of hydrogen-bond acceptors (Lipinski definition) is 8. The summed E-state index contributed by atoms with van der Waals surface area (Å²) in [6, 6.07) is 11.1. The van der Waals surface area contributed by atoms with Gasteiger partial charge in [-0.1, -0.05) is 193 Å². The molecule has 0 bridgehead atoms. The Balaban J connectivity index is 0.914. The van der Waals surface area contributed by atoms with Crippen molar-refractivity contribution in [2.45, 2.75) is 231 Å². The van der Waals surface area contributed by atoms with Crippen LogP contribution in [0, 0.1) is 11.8 Å². The molecule has 2 heterocycles. The molecule has 0 spiro atoms. The fourth-order valence-electron chi connectivity index (χ4n) is 10.5. The van der Waals surface area contributed by atoms with Gasteiger partial charge in [-0.15, -0.1) is 0 Å². The van der Waals surface area contributed by atoms with Crippen molar-refractivity contribution in [3.63, 3.8) is 0 Å². The van der Waals surface area contributed by atoms with Gasteiger partial charge in [0.05, 0.1) is 25.0 Å². The lowest BCUT2D eigenvalue weighted by Gasteiger charge is -2.53. The van der Waals surface area contributed by atoms with Gasteiger partial charge in [-0.05, 0) is 48.9 Å². The zero-order chi connectivity index (χ0) is 48.0. The van der Waals surface area contributed by atoms with Gasteiger partial charge < -0.3 is 29.6 Å². The van der Waals surface area contributed by atoms with E-state index in [1.807, 2.05) is 24.3 Å². The molecule has 1 fully saturated rings. The zero-order valence-electron chi connectivity index (χ0n) is 42.5. The van der Waals surface area contributed by atoms with Gasteiger partial charge in [-0.25, -0.2) is 0 Å². The van der Waals surface area contributed by atoms with Gasteiger partial charge in [-0.2, -0.15) is 0 Å². The summed E-state index contributed by atoms with van der Waals surface area (Å²) < 4.78 is 23.5. The number of unbranched alkanes of at least 4 members (excludes halogenated alkanes) is 26. The van der Waals surface area contributed by atoms with E-state index in [0.29, 0.717) is 61.9 Å². The quantitative estimate of drug-likeness (QED) is 0.0384. The van der Waals surface area contributed by atoms with Crippen LogP contribution in [0.3, 0.4) is 0 Å². The molecule has 2 N–H and O–H groups in total. The number of rotatable bonds is 40. The molecular weight excluding hydrogens is 853 g/mol. The Hall–Kier alpha value is -4.08. The summed E-state index contributed by atoms with van der Waals surface area (Å²) >= 11 is 0. The summed E-state index contributed by atoms with van der Waals surface area (Å²) in [7, 11) is 0. The van der Waals surface area contributed by atoms with Crippen LogP contribution in [0.25, 0.3) is 0 Å². The lowest BCUT2D eigenvalue weighted by molar-refractivity contribution is -0.165. The van der Waals surface area contributed by atoms with E-state index >= 15 is 0 Å². The molecule has 1 saturated carbocycles. The first-order valence-corrected chi connectivity index (χ1v) is 27.9. The Morgan fingerprint density at radius 1 is 0.426 bits per heavy atom. The van der Waals surface area contributed by atoms with Crippen LogP contribution < -0.4 is 29.6 Å². The molecule has 2 aromatic carbocycles. The van der Waals surface area contributed by atoms with Gasteiger partial charge in [0.15, 0.2) is 0 Å². The highest BCUT2D eigenvalue weighted by Gasteiger charge is 2.64. The largest absolute Gasteiger partial charge is 0.493 e. The first-order valence-electron chi connectivity index (χ1n) is 27.9. The van der Waals surface area contributed by atoms with E-state index in [2.05, 4.69) is 24.5 Å². The SMILES string of the molecule is CCCCCCCCCCCCCCCCNC(=O)CCCOc1ccc2c(c1)OC(=O)C1C3C(=O)Oc4cc(OCCCC(=O)NCCCCCCCCCCCCCCCC)ccc4C3C21. The van der Waals surface area contributed by atoms with Gasteiger partial charge >= 0.3 is 11.9 Å². The van der Waals surface area contributed by atoms with Gasteiger partial charge in [0, 0.05) is 49.9 Å². The van der Waals surface area contributed by atoms with E-state index in [4.69, 9.17) is 18.9 Å². The topological polar surface area (TPSA) is 129 Å². The average Bonchev–Trinajstić information content (AvgIpc) is 3.32. The number of fused-ring (bicyclic) bond motifs is 8. The van der Waals surface area contributed by atoms with Crippen molar-refractivity contribution in [1.82, 2.24) is 10.6 Å². The number of nitrogens with one attached hydrogen (secondary N) is 2. The zero-order valence-corrected chi connectivity index (χ0v) is 42.5. The highest BCUT2D eigenvalue weighted by atomic mass is 16.5. The van der Waals surface area contributed by atoms with Crippen LogP contribution in [-0.4, -0.2) is 50.1 Å². The van der Waals surface area contributed by atoms with Crippen LogP contribution in [0.1, 0.15) is 242 Å². The number of carbonyl (C=O) groups excluding carboxylic acids is 4. The van der Waals surface area contributed by atoms with E-state index in [1.54, 1.807) is 12.1 Å². The van der Waals surface area contributed by atoms with Crippen molar-refractivity contribution in [1.29, 1.82) is 0 Å². The lowest BCUT2D eigenvalue weighted by Crippen LogP contribution is -2.57. The fraction of sp³-hybridized carbons (Fsp3) is 0.724. The fourth-order valence-corrected chi connectivity index (χ4v) is 10.5. The van der Waals surface area contributed by atoms with Gasteiger partial charge in [0.1, 0.15) is 23.0 Å². The summed E-state index contributed by atoms with van der Waals surface area (Å²) in [5.74, 6) is -0.414. The van der Waals surface area contributed by atoms with Crippen LogP contribution >= 0.6 is 0 Å². The van der Waals surface area contributed by atoms with Crippen molar-refractivity contribution in [2.24, 2.45) is 11.8 Å². The molecular formula is C58H90N2O8. The molecule has 2 amide bonds. The van der Waals surface area contributed by atoms with Gasteiger partial charge in [0.25, 0.3) is 0 Å². The number of carbonyl (C=O) groups is 4. The Kier molecular flexibility index (Phi) is 26.4. The van der Waals surface area contributed by atoms with E-state index < -0.39 is 23.8 Å². The summed E-state index contributed by atoms with van der Waals surface area (Å²) in [6.45, 7) is 6.71. The standard InChI is InChI=1S/C58H90N2O8/c1-3-5-7-9-11-13-15-17-19-21-23-25-27-29-39-59-51(61)33-31-41-65-45-35-37-47-49(43-45)67-57(63)55-53(47)54-48-38-36-46(44-50(48)68-58(64)56(54)55)66-42-32-34-52(62)60-40-30-28-26-24-22-20-18-16-14-12-10-8-6-4-2/h35-38,43-44,53-56H,3-34,39-42H2,1-2H3,(H,59,61)(H,60,62). The first-order chi connectivity index (χ1) is 33.4. The molecule has 0 radical (unpaired) electrons. The Morgan fingerprint density at radius 3 is 1.06 bits per heavy atom. The Morgan fingerprint density at radius 2 is 0.735 bits per heavy atom. The van der Waals surface area contributed by atoms with E-state index in [0.717, 1.165) is 49.9 Å². The van der Waals surface area contributed by atoms with E-state index in [-0.39, 0.29) is 23.7 Å². The first kappa shape index (κ1) is 54.9. The molecule has 2 aliphatic heterocycles. The summed E-state index contributed by atoms with van der Waals surface area (Å²) in [5.41, 5.74) is 1.74. The van der Waals surface area contributed by atoms with Crippen molar-refractivity contribution in [3.05, 3.63) is 47.5 Å². The Bertz CT molecular complexity index is 1650. The average molecular weight is 943 g/mol. The third-order valence-electron chi connectivity index (χ3n) is 14.5. The number of esters is 2. The van der Waals surface area contributed by atoms with Crippen LogP contribution in [0.2, 0.25) is 0 Å². The number of benzene rings is 2. The minimum atomic E-state index is -0.612. The molecule has 1 aliphatic carbocycles. The van der Waals surface area contributed by atoms with Gasteiger partial charge in [-0.3, -0.25) is 19.2 Å². The molecule has 5 rings (SSSR count). The third-order valence-corrected chi connectivity index (χ3v) is 14.5. The van der Waals surface area contributed by atoms with Crippen LogP contribution in [0.4, 0.5) is 0 Å². The molecule has 0 saturated heterocycles. The van der Waals surface area contributed by atoms with Gasteiger partial charge in [0.2, 0.25) is 11.8 Å². The highest BCUT2D eigenvalue weighted by Crippen LogP contribution is 2.65. The summed E-state index contributed by atoms with van der Waals surface area (Å²) in [5, 5.41) is 6.10.